The molecule has 9 heavy (non-hydrogen) atoms. The summed E-state index contributed by atoms with van der Waals surface area (Å²) >= 11 is 0. The van der Waals surface area contributed by atoms with Crippen LogP contribution in [0.25, 0.3) is 0 Å². The zero-order chi connectivity index (χ0) is 6.41. The molecule has 0 atom stereocenters. The fraction of sp³-hybridized carbons (Fsp3) is 0.600. The van der Waals surface area contributed by atoms with Crippen LogP contribution in [-0.2, 0) is 35.9 Å². The van der Waals surface area contributed by atoms with Crippen molar-refractivity contribution < 1.29 is 35.9 Å². The minimum absolute atomic E-state index is 0. The molecular formula is C5H9O3Ti-. The van der Waals surface area contributed by atoms with Gasteiger partial charge in [0.15, 0.2) is 0 Å². The number of methoxy groups -OCH3 is 3. The molecule has 0 heterocycles. The van der Waals surface area contributed by atoms with Crippen molar-refractivity contribution >= 4 is 0 Å². The van der Waals surface area contributed by atoms with Gasteiger partial charge in [0.2, 0.25) is 0 Å². The predicted molar refractivity (Wildman–Crippen MR) is 27.8 cm³/mol. The Balaban J connectivity index is 0. The van der Waals surface area contributed by atoms with E-state index in [0.717, 1.165) is 0 Å². The third-order valence-corrected chi connectivity index (χ3v) is 0.556. The van der Waals surface area contributed by atoms with Gasteiger partial charge in [-0.05, 0) is 0 Å². The first kappa shape index (κ1) is 11.6. The molecule has 0 aromatic carbocycles. The molecule has 4 heteroatoms. The Morgan fingerprint density at radius 3 is 1.67 bits per heavy atom. The third-order valence-electron chi connectivity index (χ3n) is 0.556. The minimum atomic E-state index is 0. The molecule has 3 nitrogen and oxygen atoms in total. The van der Waals surface area contributed by atoms with Gasteiger partial charge in [-0.3, -0.25) is 0 Å². The monoisotopic (exact) mass is 165 g/mol. The summed E-state index contributed by atoms with van der Waals surface area (Å²) < 4.78 is 13.6. The van der Waals surface area contributed by atoms with E-state index in [-0.39, 0.29) is 27.7 Å². The maximum atomic E-state index is 4.60. The molecule has 0 spiro atoms. The van der Waals surface area contributed by atoms with Crippen LogP contribution in [0, 0.1) is 6.26 Å². The molecule has 0 aliphatic carbocycles. The molecule has 0 N–H and O–H groups in total. The number of rotatable bonds is 3. The fourth-order valence-electron chi connectivity index (χ4n) is 0.250. The fourth-order valence-corrected chi connectivity index (χ4v) is 0.250. The van der Waals surface area contributed by atoms with E-state index in [1.807, 2.05) is 0 Å². The van der Waals surface area contributed by atoms with E-state index < -0.39 is 0 Å². The summed E-state index contributed by atoms with van der Waals surface area (Å²) in [4.78, 5) is 0. The first-order valence-electron chi connectivity index (χ1n) is 2.09. The Bertz CT molecular complexity index is 76.3. The summed E-state index contributed by atoms with van der Waals surface area (Å²) in [5, 5.41) is 0. The average Bonchev–Trinajstić information content (AvgIpc) is 1.83. The standard InChI is InChI=1S/C5H9O3.Ti/c1-6-4-5(7-2)8-3;/h1-3H3;/q-1;. The molecule has 0 amide bonds. The molecular weight excluding hydrogens is 156 g/mol. The van der Waals surface area contributed by atoms with Crippen LogP contribution in [-0.4, -0.2) is 21.3 Å². The van der Waals surface area contributed by atoms with Gasteiger partial charge in [-0.15, -0.1) is 0 Å². The van der Waals surface area contributed by atoms with Crippen molar-refractivity contribution in [3.63, 3.8) is 0 Å². The Labute approximate surface area is 69.9 Å². The van der Waals surface area contributed by atoms with Gasteiger partial charge in [-0.2, -0.15) is 0 Å². The van der Waals surface area contributed by atoms with E-state index in [9.17, 15) is 0 Å². The summed E-state index contributed by atoms with van der Waals surface area (Å²) in [5.74, 6) is 0.243. The molecule has 0 aromatic rings. The van der Waals surface area contributed by atoms with Crippen LogP contribution < -0.4 is 0 Å². The van der Waals surface area contributed by atoms with Crippen molar-refractivity contribution in [2.75, 3.05) is 21.3 Å². The first-order chi connectivity index (χ1) is 3.85. The van der Waals surface area contributed by atoms with E-state index in [1.165, 1.54) is 21.3 Å². The number of hydrogen-bond acceptors (Lipinski definition) is 3. The van der Waals surface area contributed by atoms with Crippen LogP contribution in [0.4, 0.5) is 0 Å². The van der Waals surface area contributed by atoms with Gasteiger partial charge in [0.25, 0.3) is 0 Å². The first-order valence-corrected chi connectivity index (χ1v) is 2.09. The molecule has 0 saturated heterocycles. The summed E-state index contributed by atoms with van der Waals surface area (Å²) in [6.45, 7) is 0. The van der Waals surface area contributed by atoms with Crippen LogP contribution in [0.15, 0.2) is 5.95 Å². The van der Waals surface area contributed by atoms with Gasteiger partial charge >= 0.3 is 0 Å². The average molecular weight is 165 g/mol. The van der Waals surface area contributed by atoms with Crippen molar-refractivity contribution in [3.8, 4) is 0 Å². The quantitative estimate of drug-likeness (QED) is 0.346. The molecule has 0 rings (SSSR count). The summed E-state index contributed by atoms with van der Waals surface area (Å²) in [6.07, 6.45) is 2.35. The number of hydrogen-bond donors (Lipinski definition) is 0. The van der Waals surface area contributed by atoms with Crippen LogP contribution in [0.1, 0.15) is 0 Å². The molecule has 0 bridgehead atoms. The molecule has 0 saturated carbocycles. The van der Waals surface area contributed by atoms with E-state index >= 15 is 0 Å². The molecule has 0 aliphatic rings. The number of ether oxygens (including phenoxy) is 3. The van der Waals surface area contributed by atoms with Crippen molar-refractivity contribution in [1.82, 2.24) is 0 Å². The maximum Gasteiger partial charge on any atom is 0.118 e. The molecule has 52 valence electrons. The maximum absolute atomic E-state index is 4.60. The molecule has 0 unspecified atom stereocenters. The van der Waals surface area contributed by atoms with Crippen LogP contribution in [0.3, 0.4) is 0 Å². The van der Waals surface area contributed by atoms with E-state index in [1.54, 1.807) is 0 Å². The summed E-state index contributed by atoms with van der Waals surface area (Å²) in [5.41, 5.74) is 0. The third kappa shape index (κ3) is 5.73. The molecule has 0 aliphatic heterocycles. The molecule has 0 radical (unpaired) electrons. The predicted octanol–water partition coefficient (Wildman–Crippen LogP) is 0.525. The van der Waals surface area contributed by atoms with Gasteiger partial charge in [0, 0.05) is 28.8 Å². The van der Waals surface area contributed by atoms with Crippen LogP contribution >= 0.6 is 0 Å². The van der Waals surface area contributed by atoms with Crippen molar-refractivity contribution in [2.45, 2.75) is 0 Å². The minimum Gasteiger partial charge on any atom is -0.689 e. The van der Waals surface area contributed by atoms with E-state index in [0.29, 0.717) is 0 Å². The van der Waals surface area contributed by atoms with Gasteiger partial charge in [0.05, 0.1) is 14.2 Å². The second-order valence-corrected chi connectivity index (χ2v) is 1.00. The van der Waals surface area contributed by atoms with Crippen molar-refractivity contribution in [1.29, 1.82) is 0 Å². The Morgan fingerprint density at radius 1 is 1.11 bits per heavy atom. The Morgan fingerprint density at radius 2 is 1.56 bits per heavy atom. The van der Waals surface area contributed by atoms with Gasteiger partial charge in [0.1, 0.15) is 5.95 Å². The largest absolute Gasteiger partial charge is 0.689 e. The zero-order valence-corrected chi connectivity index (χ0v) is 7.29. The SMILES string of the molecule is CO[C-]=C(OC)OC.[Ti]. The van der Waals surface area contributed by atoms with Gasteiger partial charge in [-0.25, -0.2) is 6.26 Å². The van der Waals surface area contributed by atoms with Crippen LogP contribution in [0.2, 0.25) is 0 Å². The zero-order valence-electron chi connectivity index (χ0n) is 5.72. The van der Waals surface area contributed by atoms with E-state index in [4.69, 9.17) is 0 Å². The van der Waals surface area contributed by atoms with E-state index in [2.05, 4.69) is 20.5 Å². The molecule has 0 aromatic heterocycles. The molecule has 0 fully saturated rings. The Hall–Kier alpha value is -0.146. The van der Waals surface area contributed by atoms with Crippen molar-refractivity contribution in [3.05, 3.63) is 12.2 Å². The second-order valence-electron chi connectivity index (χ2n) is 1.00. The summed E-state index contributed by atoms with van der Waals surface area (Å²) in [7, 11) is 4.42. The second kappa shape index (κ2) is 7.85. The summed E-state index contributed by atoms with van der Waals surface area (Å²) in [6, 6.07) is 0. The van der Waals surface area contributed by atoms with Gasteiger partial charge in [-0.1, -0.05) is 0 Å². The van der Waals surface area contributed by atoms with Crippen molar-refractivity contribution in [2.24, 2.45) is 0 Å². The topological polar surface area (TPSA) is 27.7 Å². The van der Waals surface area contributed by atoms with Crippen LogP contribution in [0.5, 0.6) is 0 Å². The smallest absolute Gasteiger partial charge is 0.118 e. The normalized spacial score (nSPS) is 6.56. The van der Waals surface area contributed by atoms with Gasteiger partial charge < -0.3 is 14.2 Å². The Kier molecular flexibility index (Phi) is 10.1.